The first-order valence-corrected chi connectivity index (χ1v) is 5.79. The summed E-state index contributed by atoms with van der Waals surface area (Å²) in [7, 11) is 0. The lowest BCUT2D eigenvalue weighted by Gasteiger charge is -2.27. The van der Waals surface area contributed by atoms with Crippen LogP contribution in [0.25, 0.3) is 0 Å². The normalized spacial score (nSPS) is 23.6. The van der Waals surface area contributed by atoms with Gasteiger partial charge in [0, 0.05) is 11.8 Å². The molecule has 1 amide bonds. The van der Waals surface area contributed by atoms with Crippen molar-refractivity contribution in [1.29, 1.82) is 0 Å². The molecule has 3 heteroatoms. The van der Waals surface area contributed by atoms with E-state index < -0.39 is 0 Å². The molecule has 1 aliphatic heterocycles. The van der Waals surface area contributed by atoms with Gasteiger partial charge in [0.2, 0.25) is 5.91 Å². The van der Waals surface area contributed by atoms with E-state index in [0.29, 0.717) is 6.42 Å². The summed E-state index contributed by atoms with van der Waals surface area (Å²) in [6.45, 7) is 0. The molecule has 1 aliphatic carbocycles. The highest BCUT2D eigenvalue weighted by Gasteiger charge is 2.33. The van der Waals surface area contributed by atoms with Gasteiger partial charge in [-0.3, -0.25) is 9.69 Å². The first kappa shape index (κ1) is 9.58. The van der Waals surface area contributed by atoms with E-state index in [9.17, 15) is 4.79 Å². The Morgan fingerprint density at radius 2 is 2.38 bits per heavy atom. The Balaban J connectivity index is 1.98. The number of hydrogen-bond donors (Lipinski definition) is 0. The summed E-state index contributed by atoms with van der Waals surface area (Å²) in [5, 5.41) is 0. The second-order valence-corrected chi connectivity index (χ2v) is 4.35. The number of pyridine rings is 1. The van der Waals surface area contributed by atoms with Gasteiger partial charge in [-0.05, 0) is 25.3 Å². The number of nitrogens with zero attached hydrogens (tertiary/aromatic N) is 2. The largest absolute Gasteiger partial charge is 0.289 e. The molecule has 0 N–H and O–H groups in total. The van der Waals surface area contributed by atoms with Crippen LogP contribution in [0.2, 0.25) is 0 Å². The van der Waals surface area contributed by atoms with Crippen LogP contribution in [0.5, 0.6) is 0 Å². The van der Waals surface area contributed by atoms with Gasteiger partial charge in [-0.25, -0.2) is 4.98 Å². The average molecular weight is 214 g/mol. The number of aromatic nitrogens is 1. The first-order chi connectivity index (χ1) is 7.86. The number of allylic oxidation sites excluding steroid dienone is 1. The molecule has 2 aliphatic rings. The zero-order valence-electron chi connectivity index (χ0n) is 9.10. The van der Waals surface area contributed by atoms with Crippen LogP contribution >= 0.6 is 0 Å². The Hall–Kier alpha value is -1.64. The van der Waals surface area contributed by atoms with E-state index >= 15 is 0 Å². The van der Waals surface area contributed by atoms with Crippen LogP contribution in [0.1, 0.15) is 24.8 Å². The van der Waals surface area contributed by atoms with Gasteiger partial charge < -0.3 is 0 Å². The molecule has 0 unspecified atom stereocenters. The molecule has 16 heavy (non-hydrogen) atoms. The highest BCUT2D eigenvalue weighted by molar-refractivity contribution is 6.00. The van der Waals surface area contributed by atoms with Crippen molar-refractivity contribution in [2.75, 3.05) is 4.90 Å². The molecule has 0 saturated heterocycles. The maximum absolute atomic E-state index is 12.0. The molecule has 0 radical (unpaired) electrons. The van der Waals surface area contributed by atoms with Crippen molar-refractivity contribution < 1.29 is 4.79 Å². The van der Waals surface area contributed by atoms with E-state index in [1.807, 2.05) is 17.0 Å². The summed E-state index contributed by atoms with van der Waals surface area (Å²) in [5.41, 5.74) is 1.06. The minimum atomic E-state index is 0.185. The van der Waals surface area contributed by atoms with Crippen LogP contribution in [0.15, 0.2) is 30.5 Å². The van der Waals surface area contributed by atoms with Crippen molar-refractivity contribution >= 4 is 11.7 Å². The number of fused-ring (bicyclic) bond motifs is 1. The molecule has 1 aromatic rings. The smallest absolute Gasteiger partial charge is 0.233 e. The summed E-state index contributed by atoms with van der Waals surface area (Å²) in [4.78, 5) is 18.2. The zero-order valence-corrected chi connectivity index (χ0v) is 9.10. The topological polar surface area (TPSA) is 33.2 Å². The average Bonchev–Trinajstić information content (AvgIpc) is 2.66. The number of anilines is 1. The lowest BCUT2D eigenvalue weighted by molar-refractivity contribution is -0.117. The molecule has 0 bridgehead atoms. The summed E-state index contributed by atoms with van der Waals surface area (Å²) >= 11 is 0. The Kier molecular flexibility index (Phi) is 2.24. The zero-order chi connectivity index (χ0) is 11.0. The molecule has 0 fully saturated rings. The van der Waals surface area contributed by atoms with Crippen LogP contribution in [-0.4, -0.2) is 16.9 Å². The summed E-state index contributed by atoms with van der Waals surface area (Å²) in [6, 6.07) is 4.11. The number of amides is 1. The molecule has 0 aromatic carbocycles. The molecule has 82 valence electrons. The van der Waals surface area contributed by atoms with Gasteiger partial charge in [0.25, 0.3) is 0 Å². The maximum Gasteiger partial charge on any atom is 0.233 e. The van der Waals surface area contributed by atoms with Crippen LogP contribution in [0, 0.1) is 0 Å². The van der Waals surface area contributed by atoms with Crippen molar-refractivity contribution in [1.82, 2.24) is 4.98 Å². The molecule has 2 heterocycles. The van der Waals surface area contributed by atoms with Crippen LogP contribution in [-0.2, 0) is 11.2 Å². The minimum Gasteiger partial charge on any atom is -0.289 e. The molecule has 3 nitrogen and oxygen atoms in total. The molecule has 1 aromatic heterocycles. The number of hydrogen-bond acceptors (Lipinski definition) is 2. The third kappa shape index (κ3) is 1.43. The standard InChI is InChI=1S/C13H14N2O/c16-12-9-10-5-4-8-14-13(10)15(12)11-6-2-1-3-7-11/h2,4-6,8,11H,1,3,7,9H2/t11-/m1/s1. The lowest BCUT2D eigenvalue weighted by atomic mass is 10.0. The Labute approximate surface area is 94.8 Å². The van der Waals surface area contributed by atoms with Gasteiger partial charge in [-0.15, -0.1) is 0 Å². The predicted octanol–water partition coefficient (Wildman–Crippen LogP) is 2.08. The monoisotopic (exact) mass is 214 g/mol. The SMILES string of the molecule is O=C1Cc2cccnc2N1[C@@H]1C=CCCC1. The molecule has 1 atom stereocenters. The van der Waals surface area contributed by atoms with Crippen molar-refractivity contribution in [3.63, 3.8) is 0 Å². The Morgan fingerprint density at radius 3 is 3.19 bits per heavy atom. The van der Waals surface area contributed by atoms with E-state index in [2.05, 4.69) is 17.1 Å². The minimum absolute atomic E-state index is 0.185. The summed E-state index contributed by atoms with van der Waals surface area (Å²) in [6.07, 6.45) is 9.93. The summed E-state index contributed by atoms with van der Waals surface area (Å²) in [5.74, 6) is 1.05. The van der Waals surface area contributed by atoms with Crippen molar-refractivity contribution in [3.8, 4) is 0 Å². The van der Waals surface area contributed by atoms with Crippen molar-refractivity contribution in [2.24, 2.45) is 0 Å². The number of carbonyl (C=O) groups is 1. The second-order valence-electron chi connectivity index (χ2n) is 4.35. The second kappa shape index (κ2) is 3.74. The van der Waals surface area contributed by atoms with E-state index in [-0.39, 0.29) is 11.9 Å². The van der Waals surface area contributed by atoms with E-state index in [0.717, 1.165) is 30.6 Å². The maximum atomic E-state index is 12.0. The lowest BCUT2D eigenvalue weighted by Crippen LogP contribution is -2.37. The fourth-order valence-electron chi connectivity index (χ4n) is 2.50. The predicted molar refractivity (Wildman–Crippen MR) is 62.2 cm³/mol. The van der Waals surface area contributed by atoms with Crippen molar-refractivity contribution in [2.45, 2.75) is 31.7 Å². The van der Waals surface area contributed by atoms with E-state index in [4.69, 9.17) is 0 Å². The Bertz CT molecular complexity index is 453. The van der Waals surface area contributed by atoms with Gasteiger partial charge in [-0.1, -0.05) is 18.2 Å². The third-order valence-corrected chi connectivity index (χ3v) is 3.27. The highest BCUT2D eigenvalue weighted by Crippen LogP contribution is 2.30. The molecule has 3 rings (SSSR count). The summed E-state index contributed by atoms with van der Waals surface area (Å²) < 4.78 is 0. The van der Waals surface area contributed by atoms with E-state index in [1.54, 1.807) is 6.20 Å². The molecule has 0 spiro atoms. The quantitative estimate of drug-likeness (QED) is 0.670. The van der Waals surface area contributed by atoms with Crippen molar-refractivity contribution in [3.05, 3.63) is 36.0 Å². The number of carbonyl (C=O) groups excluding carboxylic acids is 1. The van der Waals surface area contributed by atoms with Crippen LogP contribution in [0.4, 0.5) is 5.82 Å². The van der Waals surface area contributed by atoms with Gasteiger partial charge >= 0.3 is 0 Å². The van der Waals surface area contributed by atoms with Gasteiger partial charge in [-0.2, -0.15) is 0 Å². The Morgan fingerprint density at radius 1 is 1.44 bits per heavy atom. The van der Waals surface area contributed by atoms with Crippen LogP contribution < -0.4 is 4.90 Å². The molecular formula is C13H14N2O. The van der Waals surface area contributed by atoms with Crippen LogP contribution in [0.3, 0.4) is 0 Å². The van der Waals surface area contributed by atoms with E-state index in [1.165, 1.54) is 0 Å². The van der Waals surface area contributed by atoms with Gasteiger partial charge in [0.05, 0.1) is 12.5 Å². The van der Waals surface area contributed by atoms with Gasteiger partial charge in [0.1, 0.15) is 5.82 Å². The number of rotatable bonds is 1. The fraction of sp³-hybridized carbons (Fsp3) is 0.385. The first-order valence-electron chi connectivity index (χ1n) is 5.79. The molecular weight excluding hydrogens is 200 g/mol. The highest BCUT2D eigenvalue weighted by atomic mass is 16.2. The third-order valence-electron chi connectivity index (χ3n) is 3.27. The van der Waals surface area contributed by atoms with Gasteiger partial charge in [0.15, 0.2) is 0 Å². The fourth-order valence-corrected chi connectivity index (χ4v) is 2.50. The molecule has 0 saturated carbocycles.